The molecule has 20 heavy (non-hydrogen) atoms. The van der Waals surface area contributed by atoms with Gasteiger partial charge in [-0.05, 0) is 44.4 Å². The maximum atomic E-state index is 12.0. The van der Waals surface area contributed by atoms with Gasteiger partial charge in [0.2, 0.25) is 5.91 Å². The molecule has 1 aromatic rings. The van der Waals surface area contributed by atoms with Crippen molar-refractivity contribution in [2.24, 2.45) is 0 Å². The highest BCUT2D eigenvalue weighted by Crippen LogP contribution is 2.35. The van der Waals surface area contributed by atoms with Crippen LogP contribution < -0.4 is 0 Å². The summed E-state index contributed by atoms with van der Waals surface area (Å²) in [6, 6.07) is 6.07. The number of piperidine rings is 2. The van der Waals surface area contributed by atoms with Crippen LogP contribution >= 0.6 is 0 Å². The summed E-state index contributed by atoms with van der Waals surface area (Å²) in [5.41, 5.74) is 1.19. The molecular weight excluding hydrogens is 250 g/mol. The van der Waals surface area contributed by atoms with Crippen molar-refractivity contribution in [2.45, 2.75) is 44.2 Å². The van der Waals surface area contributed by atoms with Gasteiger partial charge in [0.25, 0.3) is 0 Å². The summed E-state index contributed by atoms with van der Waals surface area (Å²) in [7, 11) is 1.99. The molecule has 4 heteroatoms. The Bertz CT molecular complexity index is 472. The molecule has 2 fully saturated rings. The van der Waals surface area contributed by atoms with Gasteiger partial charge in [-0.3, -0.25) is 14.7 Å². The van der Waals surface area contributed by atoms with Gasteiger partial charge in [0, 0.05) is 32.8 Å². The SMILES string of the molecule is CN1C(=O)CCC[C@]12CCCN(Cc1ccccn1)C2. The van der Waals surface area contributed by atoms with Crippen LogP contribution in [0.25, 0.3) is 0 Å². The van der Waals surface area contributed by atoms with Crippen molar-refractivity contribution < 1.29 is 4.79 Å². The Morgan fingerprint density at radius 2 is 2.15 bits per heavy atom. The van der Waals surface area contributed by atoms with Gasteiger partial charge >= 0.3 is 0 Å². The van der Waals surface area contributed by atoms with Gasteiger partial charge in [0.15, 0.2) is 0 Å². The number of amides is 1. The molecule has 3 rings (SSSR count). The molecule has 1 spiro atoms. The molecule has 0 radical (unpaired) electrons. The summed E-state index contributed by atoms with van der Waals surface area (Å²) < 4.78 is 0. The first-order valence-corrected chi connectivity index (χ1v) is 7.59. The van der Waals surface area contributed by atoms with Gasteiger partial charge in [-0.15, -0.1) is 0 Å². The number of aromatic nitrogens is 1. The van der Waals surface area contributed by atoms with Crippen LogP contribution in [-0.4, -0.2) is 46.4 Å². The Morgan fingerprint density at radius 1 is 1.30 bits per heavy atom. The molecule has 2 aliphatic heterocycles. The molecular formula is C16H23N3O. The third-order valence-electron chi connectivity index (χ3n) is 4.86. The molecule has 4 nitrogen and oxygen atoms in total. The zero-order valence-corrected chi connectivity index (χ0v) is 12.2. The summed E-state index contributed by atoms with van der Waals surface area (Å²) in [5.74, 6) is 0.316. The van der Waals surface area contributed by atoms with Crippen molar-refractivity contribution in [3.8, 4) is 0 Å². The molecule has 0 unspecified atom stereocenters. The zero-order valence-electron chi connectivity index (χ0n) is 12.2. The minimum absolute atomic E-state index is 0.0718. The molecule has 0 saturated carbocycles. The number of pyridine rings is 1. The van der Waals surface area contributed by atoms with E-state index < -0.39 is 0 Å². The van der Waals surface area contributed by atoms with E-state index in [9.17, 15) is 4.79 Å². The number of likely N-dealkylation sites (tertiary alicyclic amines) is 2. The summed E-state index contributed by atoms with van der Waals surface area (Å²) in [6.07, 6.45) is 7.08. The Hall–Kier alpha value is -1.42. The number of hydrogen-bond donors (Lipinski definition) is 0. The Morgan fingerprint density at radius 3 is 2.95 bits per heavy atom. The quantitative estimate of drug-likeness (QED) is 0.827. The first kappa shape index (κ1) is 13.6. The molecule has 0 N–H and O–H groups in total. The Labute approximate surface area is 120 Å². The lowest BCUT2D eigenvalue weighted by Crippen LogP contribution is -2.60. The molecule has 2 aliphatic rings. The first-order valence-electron chi connectivity index (χ1n) is 7.59. The van der Waals surface area contributed by atoms with E-state index in [0.29, 0.717) is 5.91 Å². The molecule has 2 saturated heterocycles. The van der Waals surface area contributed by atoms with E-state index in [2.05, 4.69) is 16.0 Å². The highest BCUT2D eigenvalue weighted by molar-refractivity contribution is 5.77. The third kappa shape index (κ3) is 2.57. The fraction of sp³-hybridized carbons (Fsp3) is 0.625. The lowest BCUT2D eigenvalue weighted by Gasteiger charge is -2.50. The predicted octanol–water partition coefficient (Wildman–Crippen LogP) is 2.06. The summed E-state index contributed by atoms with van der Waals surface area (Å²) in [5, 5.41) is 0. The van der Waals surface area contributed by atoms with Crippen LogP contribution in [0.2, 0.25) is 0 Å². The van der Waals surface area contributed by atoms with Gasteiger partial charge in [0.05, 0.1) is 11.2 Å². The van der Waals surface area contributed by atoms with E-state index in [1.807, 2.05) is 30.3 Å². The van der Waals surface area contributed by atoms with Crippen LogP contribution in [0.5, 0.6) is 0 Å². The van der Waals surface area contributed by atoms with E-state index >= 15 is 0 Å². The van der Waals surface area contributed by atoms with Gasteiger partial charge in [-0.1, -0.05) is 6.07 Å². The number of nitrogens with zero attached hydrogens (tertiary/aromatic N) is 3. The number of rotatable bonds is 2. The second-order valence-electron chi connectivity index (χ2n) is 6.17. The first-order chi connectivity index (χ1) is 9.70. The highest BCUT2D eigenvalue weighted by atomic mass is 16.2. The van der Waals surface area contributed by atoms with E-state index in [1.54, 1.807) is 0 Å². The van der Waals surface area contributed by atoms with Crippen molar-refractivity contribution in [2.75, 3.05) is 20.1 Å². The van der Waals surface area contributed by atoms with E-state index in [-0.39, 0.29) is 5.54 Å². The monoisotopic (exact) mass is 273 g/mol. The van der Waals surface area contributed by atoms with Crippen molar-refractivity contribution in [1.29, 1.82) is 0 Å². The standard InChI is InChI=1S/C16H23N3O/c1-18-15(20)7-4-8-16(18)9-5-11-19(13-16)12-14-6-2-3-10-17-14/h2-3,6,10H,4-5,7-9,11-13H2,1H3/t16-/m1/s1. The number of carbonyl (C=O) groups is 1. The van der Waals surface area contributed by atoms with Gasteiger partial charge < -0.3 is 4.90 Å². The Balaban J connectivity index is 1.71. The zero-order chi connectivity index (χ0) is 14.0. The van der Waals surface area contributed by atoms with Crippen LogP contribution in [0.1, 0.15) is 37.8 Å². The Kier molecular flexibility index (Phi) is 3.74. The van der Waals surface area contributed by atoms with Crippen LogP contribution in [-0.2, 0) is 11.3 Å². The lowest BCUT2D eigenvalue weighted by molar-refractivity contribution is -0.143. The minimum Gasteiger partial charge on any atom is -0.339 e. The lowest BCUT2D eigenvalue weighted by atomic mass is 9.80. The maximum Gasteiger partial charge on any atom is 0.222 e. The smallest absolute Gasteiger partial charge is 0.222 e. The molecule has 1 amide bonds. The highest BCUT2D eigenvalue weighted by Gasteiger charge is 2.43. The van der Waals surface area contributed by atoms with Crippen molar-refractivity contribution >= 4 is 5.91 Å². The van der Waals surface area contributed by atoms with E-state index in [0.717, 1.165) is 51.0 Å². The van der Waals surface area contributed by atoms with E-state index in [4.69, 9.17) is 0 Å². The number of hydrogen-bond acceptors (Lipinski definition) is 3. The molecule has 108 valence electrons. The van der Waals surface area contributed by atoms with Crippen LogP contribution in [0.4, 0.5) is 0 Å². The normalized spacial score (nSPS) is 28.1. The summed E-state index contributed by atoms with van der Waals surface area (Å²) >= 11 is 0. The second-order valence-corrected chi connectivity index (χ2v) is 6.17. The van der Waals surface area contributed by atoms with Crippen molar-refractivity contribution in [3.63, 3.8) is 0 Å². The van der Waals surface area contributed by atoms with Crippen molar-refractivity contribution in [3.05, 3.63) is 30.1 Å². The maximum absolute atomic E-state index is 12.0. The average Bonchev–Trinajstić information content (AvgIpc) is 2.46. The minimum atomic E-state index is 0.0718. The van der Waals surface area contributed by atoms with Gasteiger partial charge in [-0.2, -0.15) is 0 Å². The molecule has 1 aromatic heterocycles. The van der Waals surface area contributed by atoms with Crippen LogP contribution in [0, 0.1) is 0 Å². The summed E-state index contributed by atoms with van der Waals surface area (Å²) in [4.78, 5) is 20.9. The number of likely N-dealkylation sites (N-methyl/N-ethyl adjacent to an activating group) is 1. The molecule has 1 atom stereocenters. The van der Waals surface area contributed by atoms with Gasteiger partial charge in [0.1, 0.15) is 0 Å². The molecule has 3 heterocycles. The third-order valence-corrected chi connectivity index (χ3v) is 4.86. The second kappa shape index (κ2) is 5.52. The fourth-order valence-corrected chi connectivity index (χ4v) is 3.71. The molecule has 0 aliphatic carbocycles. The number of carbonyl (C=O) groups excluding carboxylic acids is 1. The van der Waals surface area contributed by atoms with Gasteiger partial charge in [-0.25, -0.2) is 0 Å². The summed E-state index contributed by atoms with van der Waals surface area (Å²) in [6.45, 7) is 3.00. The molecule has 0 bridgehead atoms. The predicted molar refractivity (Wildman–Crippen MR) is 78.1 cm³/mol. The van der Waals surface area contributed by atoms with E-state index in [1.165, 1.54) is 6.42 Å². The average molecular weight is 273 g/mol. The van der Waals surface area contributed by atoms with Crippen molar-refractivity contribution in [1.82, 2.24) is 14.8 Å². The molecule has 0 aromatic carbocycles. The fourth-order valence-electron chi connectivity index (χ4n) is 3.71. The van der Waals surface area contributed by atoms with Crippen LogP contribution in [0.3, 0.4) is 0 Å². The topological polar surface area (TPSA) is 36.4 Å². The van der Waals surface area contributed by atoms with Crippen LogP contribution in [0.15, 0.2) is 24.4 Å². The largest absolute Gasteiger partial charge is 0.339 e.